The fourth-order valence-electron chi connectivity index (χ4n) is 3.46. The molecule has 8 heteroatoms. The maximum Gasteiger partial charge on any atom is 0.334 e. The Balaban J connectivity index is 2.47. The van der Waals surface area contributed by atoms with Crippen molar-refractivity contribution in [2.75, 3.05) is 6.61 Å². The van der Waals surface area contributed by atoms with Crippen molar-refractivity contribution in [2.24, 2.45) is 5.92 Å². The lowest BCUT2D eigenvalue weighted by Gasteiger charge is -2.29. The van der Waals surface area contributed by atoms with E-state index in [0.717, 1.165) is 6.08 Å². The van der Waals surface area contributed by atoms with E-state index in [1.807, 2.05) is 0 Å². The average Bonchev–Trinajstić information content (AvgIpc) is 2.95. The van der Waals surface area contributed by atoms with Crippen LogP contribution >= 0.6 is 0 Å². The highest BCUT2D eigenvalue weighted by Gasteiger charge is 2.45. The Morgan fingerprint density at radius 3 is 2.63 bits per heavy atom. The van der Waals surface area contributed by atoms with Crippen molar-refractivity contribution >= 4 is 24.2 Å². The van der Waals surface area contributed by atoms with Gasteiger partial charge in [0, 0.05) is 30.9 Å². The molecule has 0 unspecified atom stereocenters. The normalized spacial score (nSPS) is 30.7. The number of carbonyl (C=O) groups is 4. The summed E-state index contributed by atoms with van der Waals surface area (Å²) in [6, 6.07) is 0. The largest absolute Gasteiger partial charge is 0.458 e. The van der Waals surface area contributed by atoms with E-state index in [2.05, 4.69) is 6.58 Å². The van der Waals surface area contributed by atoms with Gasteiger partial charge < -0.3 is 19.3 Å². The highest BCUT2D eigenvalue weighted by Crippen LogP contribution is 2.36. The molecular formula is C22H26O8. The van der Waals surface area contributed by atoms with Crippen LogP contribution in [0.15, 0.2) is 47.1 Å². The molecule has 0 aromatic rings. The third-order valence-electron chi connectivity index (χ3n) is 5.09. The van der Waals surface area contributed by atoms with E-state index in [1.165, 1.54) is 13.8 Å². The van der Waals surface area contributed by atoms with Crippen LogP contribution in [0.2, 0.25) is 0 Å². The van der Waals surface area contributed by atoms with Gasteiger partial charge in [0.25, 0.3) is 0 Å². The predicted molar refractivity (Wildman–Crippen MR) is 106 cm³/mol. The van der Waals surface area contributed by atoms with Gasteiger partial charge in [0.05, 0.1) is 12.5 Å². The minimum Gasteiger partial charge on any atom is -0.458 e. The molecular weight excluding hydrogens is 392 g/mol. The zero-order valence-corrected chi connectivity index (χ0v) is 17.3. The van der Waals surface area contributed by atoms with Crippen LogP contribution in [0, 0.1) is 5.92 Å². The van der Waals surface area contributed by atoms with E-state index in [0.29, 0.717) is 23.9 Å². The van der Waals surface area contributed by atoms with Gasteiger partial charge in [-0.3, -0.25) is 9.59 Å². The molecule has 0 radical (unpaired) electrons. The molecule has 0 aromatic carbocycles. The first-order valence-corrected chi connectivity index (χ1v) is 9.55. The lowest BCUT2D eigenvalue weighted by Crippen LogP contribution is -2.34. The maximum absolute atomic E-state index is 12.4. The highest BCUT2D eigenvalue weighted by molar-refractivity contribution is 5.93. The first-order valence-electron chi connectivity index (χ1n) is 9.55. The van der Waals surface area contributed by atoms with Crippen LogP contribution in [-0.2, 0) is 33.4 Å². The van der Waals surface area contributed by atoms with E-state index in [-0.39, 0.29) is 24.2 Å². The van der Waals surface area contributed by atoms with Crippen LogP contribution in [0.5, 0.6) is 0 Å². The second-order valence-electron chi connectivity index (χ2n) is 7.32. The smallest absolute Gasteiger partial charge is 0.334 e. The van der Waals surface area contributed by atoms with Crippen molar-refractivity contribution in [1.29, 1.82) is 0 Å². The van der Waals surface area contributed by atoms with Gasteiger partial charge in [0.15, 0.2) is 0 Å². The Hall–Kier alpha value is -3.00. The van der Waals surface area contributed by atoms with Gasteiger partial charge in [0.1, 0.15) is 24.6 Å². The zero-order chi connectivity index (χ0) is 22.4. The molecule has 1 N–H and O–H groups in total. The topological polar surface area (TPSA) is 116 Å². The van der Waals surface area contributed by atoms with Crippen molar-refractivity contribution in [3.63, 3.8) is 0 Å². The number of aldehydes is 1. The van der Waals surface area contributed by atoms with E-state index >= 15 is 0 Å². The van der Waals surface area contributed by atoms with Crippen molar-refractivity contribution in [1.82, 2.24) is 0 Å². The first kappa shape index (κ1) is 23.3. The van der Waals surface area contributed by atoms with E-state index < -0.39 is 42.1 Å². The molecule has 0 saturated carbocycles. The summed E-state index contributed by atoms with van der Waals surface area (Å²) in [5, 5.41) is 9.80. The number of carbonyl (C=O) groups excluding carboxylic acids is 4. The fourth-order valence-corrected chi connectivity index (χ4v) is 3.46. The number of fused-ring (bicyclic) bond motifs is 1. The number of aliphatic hydroxyl groups excluding tert-OH is 1. The van der Waals surface area contributed by atoms with Crippen LogP contribution < -0.4 is 0 Å². The number of hydrogen-bond donors (Lipinski definition) is 1. The van der Waals surface area contributed by atoms with Gasteiger partial charge in [0.2, 0.25) is 0 Å². The standard InChI is InChI=1S/C22H26O8/c1-12(7-8-23)21(26)29-19-10-16(11-24)5-6-17(28-15(4)25)13(2)9-18-20(19)14(3)22(27)30-18/h5,7-9,17-20,24H,3,6,10-11H2,1-2,4H3/b12-7+,13-9+,16-5+/t17-,18+,19+,20-/m0/s1. The zero-order valence-electron chi connectivity index (χ0n) is 17.3. The van der Waals surface area contributed by atoms with Crippen molar-refractivity contribution in [3.05, 3.63) is 47.1 Å². The van der Waals surface area contributed by atoms with Crippen LogP contribution in [0.4, 0.5) is 0 Å². The summed E-state index contributed by atoms with van der Waals surface area (Å²) in [5.74, 6) is -2.50. The van der Waals surface area contributed by atoms with Crippen LogP contribution in [-0.4, -0.2) is 54.2 Å². The van der Waals surface area contributed by atoms with E-state index in [4.69, 9.17) is 14.2 Å². The molecule has 2 rings (SSSR count). The summed E-state index contributed by atoms with van der Waals surface area (Å²) >= 11 is 0. The highest BCUT2D eigenvalue weighted by atomic mass is 16.6. The third kappa shape index (κ3) is 5.54. The Bertz CT molecular complexity index is 832. The Labute approximate surface area is 174 Å². The molecule has 4 atom stereocenters. The number of ether oxygens (including phenoxy) is 3. The first-order chi connectivity index (χ1) is 14.2. The van der Waals surface area contributed by atoms with E-state index in [9.17, 15) is 24.3 Å². The fraction of sp³-hybridized carbons (Fsp3) is 0.455. The summed E-state index contributed by atoms with van der Waals surface area (Å²) in [6.07, 6.45) is 3.15. The molecule has 1 fully saturated rings. The number of aliphatic hydroxyl groups is 1. The van der Waals surface area contributed by atoms with Crippen molar-refractivity contribution in [2.45, 2.75) is 51.9 Å². The summed E-state index contributed by atoms with van der Waals surface area (Å²) in [7, 11) is 0. The number of rotatable bonds is 5. The molecule has 30 heavy (non-hydrogen) atoms. The SMILES string of the molecule is C=C1C(=O)O[C@@H]2/C=C(\C)[C@@H](OC(C)=O)C/C=C(/CO)C[C@@H](OC(=O)/C(C)=C/C=O)[C@@H]12. The van der Waals surface area contributed by atoms with Crippen LogP contribution in [0.1, 0.15) is 33.6 Å². The van der Waals surface area contributed by atoms with Crippen molar-refractivity contribution in [3.8, 4) is 0 Å². The number of allylic oxidation sites excluding steroid dienone is 1. The number of hydrogen-bond acceptors (Lipinski definition) is 8. The predicted octanol–water partition coefficient (Wildman–Crippen LogP) is 1.73. The average molecular weight is 418 g/mol. The number of esters is 3. The second-order valence-corrected chi connectivity index (χ2v) is 7.32. The monoisotopic (exact) mass is 418 g/mol. The van der Waals surface area contributed by atoms with E-state index in [1.54, 1.807) is 19.1 Å². The van der Waals surface area contributed by atoms with Gasteiger partial charge in [-0.25, -0.2) is 9.59 Å². The van der Waals surface area contributed by atoms with Crippen LogP contribution in [0.25, 0.3) is 0 Å². The Morgan fingerprint density at radius 2 is 2.03 bits per heavy atom. The molecule has 1 heterocycles. The summed E-state index contributed by atoms with van der Waals surface area (Å²) in [6.45, 7) is 7.96. The molecule has 0 amide bonds. The lowest BCUT2D eigenvalue weighted by atomic mass is 9.85. The van der Waals surface area contributed by atoms with Gasteiger partial charge in [-0.2, -0.15) is 0 Å². The maximum atomic E-state index is 12.4. The molecule has 1 aliphatic carbocycles. The van der Waals surface area contributed by atoms with Gasteiger partial charge in [-0.1, -0.05) is 12.7 Å². The quantitative estimate of drug-likeness (QED) is 0.236. The summed E-state index contributed by atoms with van der Waals surface area (Å²) in [5.41, 5.74) is 1.44. The van der Waals surface area contributed by atoms with Crippen molar-refractivity contribution < 1.29 is 38.5 Å². The molecule has 2 aliphatic rings. The minimum absolute atomic E-state index is 0.102. The van der Waals surface area contributed by atoms with Gasteiger partial charge >= 0.3 is 17.9 Å². The molecule has 8 nitrogen and oxygen atoms in total. The summed E-state index contributed by atoms with van der Waals surface area (Å²) < 4.78 is 16.4. The summed E-state index contributed by atoms with van der Waals surface area (Å²) in [4.78, 5) is 46.8. The molecule has 162 valence electrons. The molecule has 1 aliphatic heterocycles. The lowest BCUT2D eigenvalue weighted by molar-refractivity contribution is -0.148. The molecule has 0 spiro atoms. The third-order valence-corrected chi connectivity index (χ3v) is 5.09. The van der Waals surface area contributed by atoms with Crippen LogP contribution in [0.3, 0.4) is 0 Å². The molecule has 0 bridgehead atoms. The molecule has 1 saturated heterocycles. The Kier molecular flexibility index (Phi) is 7.88. The molecule has 0 aromatic heterocycles. The van der Waals surface area contributed by atoms with Gasteiger partial charge in [-0.05, 0) is 37.1 Å². The second kappa shape index (κ2) is 10.2. The Morgan fingerprint density at radius 1 is 1.33 bits per heavy atom. The van der Waals surface area contributed by atoms with Gasteiger partial charge in [-0.15, -0.1) is 0 Å². The minimum atomic E-state index is -0.857.